The van der Waals surface area contributed by atoms with Gasteiger partial charge in [-0.15, -0.1) is 0 Å². The van der Waals surface area contributed by atoms with Crippen molar-refractivity contribution >= 4 is 11.6 Å². The second kappa shape index (κ2) is 7.46. The molecule has 0 saturated heterocycles. The zero-order valence-corrected chi connectivity index (χ0v) is 13.0. The first-order valence-corrected chi connectivity index (χ1v) is 7.84. The summed E-state index contributed by atoms with van der Waals surface area (Å²) in [6, 6.07) is 7.61. The Morgan fingerprint density at radius 1 is 1.38 bits per heavy atom. The molecule has 4 heteroatoms. The minimum atomic E-state index is 0.0353. The van der Waals surface area contributed by atoms with E-state index in [1.165, 1.54) is 0 Å². The number of carbonyl (C=O) groups is 1. The highest BCUT2D eigenvalue weighted by atomic mass is 16.5. The summed E-state index contributed by atoms with van der Waals surface area (Å²) in [6.45, 7) is 5.43. The van der Waals surface area contributed by atoms with E-state index in [4.69, 9.17) is 10.5 Å². The van der Waals surface area contributed by atoms with Crippen LogP contribution in [-0.4, -0.2) is 19.1 Å². The average molecular weight is 290 g/mol. The van der Waals surface area contributed by atoms with Gasteiger partial charge in [0.15, 0.2) is 0 Å². The third kappa shape index (κ3) is 4.21. The summed E-state index contributed by atoms with van der Waals surface area (Å²) in [7, 11) is 0. The van der Waals surface area contributed by atoms with Gasteiger partial charge in [-0.3, -0.25) is 4.79 Å². The predicted octanol–water partition coefficient (Wildman–Crippen LogP) is 3.03. The summed E-state index contributed by atoms with van der Waals surface area (Å²) in [5, 5.41) is 3.02. The Bertz CT molecular complexity index is 474. The molecule has 1 amide bonds. The molecule has 1 aliphatic rings. The molecule has 0 spiro atoms. The summed E-state index contributed by atoms with van der Waals surface area (Å²) < 4.78 is 5.78. The van der Waals surface area contributed by atoms with E-state index in [0.29, 0.717) is 25.0 Å². The molecule has 1 fully saturated rings. The lowest BCUT2D eigenvalue weighted by Crippen LogP contribution is -2.29. The van der Waals surface area contributed by atoms with Crippen molar-refractivity contribution in [2.24, 2.45) is 23.5 Å². The third-order valence-electron chi connectivity index (χ3n) is 4.02. The van der Waals surface area contributed by atoms with Gasteiger partial charge in [0, 0.05) is 5.92 Å². The van der Waals surface area contributed by atoms with Crippen LogP contribution in [0.3, 0.4) is 0 Å². The molecule has 0 aliphatic heterocycles. The number of anilines is 1. The van der Waals surface area contributed by atoms with Crippen LogP contribution in [0.1, 0.15) is 33.1 Å². The summed E-state index contributed by atoms with van der Waals surface area (Å²) >= 11 is 0. The van der Waals surface area contributed by atoms with Gasteiger partial charge in [-0.1, -0.05) is 32.4 Å². The van der Waals surface area contributed by atoms with Crippen LogP contribution in [-0.2, 0) is 4.79 Å². The Morgan fingerprint density at radius 2 is 2.14 bits per heavy atom. The Morgan fingerprint density at radius 3 is 2.86 bits per heavy atom. The van der Waals surface area contributed by atoms with Crippen molar-refractivity contribution in [2.75, 3.05) is 18.5 Å². The van der Waals surface area contributed by atoms with Crippen molar-refractivity contribution in [2.45, 2.75) is 33.1 Å². The molecular weight excluding hydrogens is 264 g/mol. The first-order chi connectivity index (χ1) is 10.1. The molecule has 0 aromatic heterocycles. The van der Waals surface area contributed by atoms with E-state index in [1.54, 1.807) is 0 Å². The number of para-hydroxylation sites is 2. The van der Waals surface area contributed by atoms with Crippen molar-refractivity contribution < 1.29 is 9.53 Å². The number of carbonyl (C=O) groups excluding carboxylic acids is 1. The number of ether oxygens (including phenoxy) is 1. The van der Waals surface area contributed by atoms with Crippen molar-refractivity contribution in [3.63, 3.8) is 0 Å². The molecule has 21 heavy (non-hydrogen) atoms. The molecule has 2 atom stereocenters. The van der Waals surface area contributed by atoms with Gasteiger partial charge in [0.05, 0.1) is 12.3 Å². The molecule has 0 radical (unpaired) electrons. The van der Waals surface area contributed by atoms with Crippen LogP contribution >= 0.6 is 0 Å². The van der Waals surface area contributed by atoms with Crippen molar-refractivity contribution in [3.8, 4) is 5.75 Å². The van der Waals surface area contributed by atoms with Gasteiger partial charge >= 0.3 is 0 Å². The highest BCUT2D eigenvalue weighted by Crippen LogP contribution is 2.33. The first-order valence-electron chi connectivity index (χ1n) is 7.84. The zero-order valence-electron chi connectivity index (χ0n) is 13.0. The number of nitrogens with two attached hydrogens (primary N) is 1. The quantitative estimate of drug-likeness (QED) is 0.846. The Balaban J connectivity index is 2.03. The Hall–Kier alpha value is -1.55. The number of hydrogen-bond donors (Lipinski definition) is 2. The van der Waals surface area contributed by atoms with E-state index in [9.17, 15) is 4.79 Å². The van der Waals surface area contributed by atoms with Gasteiger partial charge in [0.2, 0.25) is 5.91 Å². The van der Waals surface area contributed by atoms with Gasteiger partial charge in [0.25, 0.3) is 0 Å². The van der Waals surface area contributed by atoms with Gasteiger partial charge in [0.1, 0.15) is 5.75 Å². The molecule has 1 aromatic rings. The van der Waals surface area contributed by atoms with E-state index in [-0.39, 0.29) is 11.8 Å². The van der Waals surface area contributed by atoms with Crippen LogP contribution in [0.5, 0.6) is 5.75 Å². The van der Waals surface area contributed by atoms with Gasteiger partial charge in [-0.05, 0) is 43.4 Å². The fourth-order valence-corrected chi connectivity index (χ4v) is 2.84. The lowest BCUT2D eigenvalue weighted by atomic mass is 9.95. The second-order valence-electron chi connectivity index (χ2n) is 6.22. The second-order valence-corrected chi connectivity index (χ2v) is 6.22. The minimum Gasteiger partial charge on any atom is -0.491 e. The molecule has 3 N–H and O–H groups in total. The topological polar surface area (TPSA) is 64.3 Å². The van der Waals surface area contributed by atoms with E-state index < -0.39 is 0 Å². The molecule has 1 saturated carbocycles. The monoisotopic (exact) mass is 290 g/mol. The molecule has 116 valence electrons. The van der Waals surface area contributed by atoms with Gasteiger partial charge < -0.3 is 15.8 Å². The van der Waals surface area contributed by atoms with Crippen molar-refractivity contribution in [3.05, 3.63) is 24.3 Å². The maximum atomic E-state index is 12.5. The SMILES string of the molecule is CC(C)COc1ccccc1NC(=O)C1CCCC1CN. The predicted molar refractivity (Wildman–Crippen MR) is 85.3 cm³/mol. The summed E-state index contributed by atoms with van der Waals surface area (Å²) in [6.07, 6.45) is 3.08. The maximum Gasteiger partial charge on any atom is 0.227 e. The number of rotatable bonds is 6. The van der Waals surface area contributed by atoms with Crippen molar-refractivity contribution in [1.82, 2.24) is 0 Å². The summed E-state index contributed by atoms with van der Waals surface area (Å²) in [4.78, 5) is 12.5. The molecule has 2 rings (SSSR count). The average Bonchev–Trinajstić information content (AvgIpc) is 2.94. The number of amides is 1. The van der Waals surface area contributed by atoms with E-state index in [0.717, 1.165) is 30.7 Å². The van der Waals surface area contributed by atoms with Gasteiger partial charge in [-0.25, -0.2) is 0 Å². The molecule has 2 unspecified atom stereocenters. The molecule has 0 bridgehead atoms. The van der Waals surface area contributed by atoms with Crippen LogP contribution in [0.15, 0.2) is 24.3 Å². The van der Waals surface area contributed by atoms with Gasteiger partial charge in [-0.2, -0.15) is 0 Å². The zero-order chi connectivity index (χ0) is 15.2. The van der Waals surface area contributed by atoms with E-state index in [1.807, 2.05) is 24.3 Å². The minimum absolute atomic E-state index is 0.0353. The molecule has 4 nitrogen and oxygen atoms in total. The van der Waals surface area contributed by atoms with E-state index in [2.05, 4.69) is 19.2 Å². The molecule has 1 aromatic carbocycles. The normalized spacial score (nSPS) is 21.5. The maximum absolute atomic E-state index is 12.5. The Kier molecular flexibility index (Phi) is 5.62. The largest absolute Gasteiger partial charge is 0.491 e. The van der Waals surface area contributed by atoms with Crippen LogP contribution in [0.4, 0.5) is 5.69 Å². The first kappa shape index (κ1) is 15.8. The fraction of sp³-hybridized carbons (Fsp3) is 0.588. The lowest BCUT2D eigenvalue weighted by Gasteiger charge is -2.19. The smallest absolute Gasteiger partial charge is 0.227 e. The van der Waals surface area contributed by atoms with Crippen LogP contribution < -0.4 is 15.8 Å². The highest BCUT2D eigenvalue weighted by molar-refractivity contribution is 5.94. The molecule has 1 aliphatic carbocycles. The molecule has 0 heterocycles. The summed E-state index contributed by atoms with van der Waals surface area (Å²) in [5.74, 6) is 1.61. The standard InChI is InChI=1S/C17H26N2O2/c1-12(2)11-21-16-9-4-3-8-15(16)19-17(20)14-7-5-6-13(14)10-18/h3-4,8-9,12-14H,5-7,10-11,18H2,1-2H3,(H,19,20). The third-order valence-corrected chi connectivity index (χ3v) is 4.02. The van der Waals surface area contributed by atoms with Crippen LogP contribution in [0.2, 0.25) is 0 Å². The highest BCUT2D eigenvalue weighted by Gasteiger charge is 2.32. The van der Waals surface area contributed by atoms with Crippen LogP contribution in [0, 0.1) is 17.8 Å². The fourth-order valence-electron chi connectivity index (χ4n) is 2.84. The number of hydrogen-bond acceptors (Lipinski definition) is 3. The molecular formula is C17H26N2O2. The number of benzene rings is 1. The number of nitrogens with one attached hydrogen (secondary N) is 1. The van der Waals surface area contributed by atoms with Crippen LogP contribution in [0.25, 0.3) is 0 Å². The van der Waals surface area contributed by atoms with Crippen molar-refractivity contribution in [1.29, 1.82) is 0 Å². The lowest BCUT2D eigenvalue weighted by molar-refractivity contribution is -0.120. The summed E-state index contributed by atoms with van der Waals surface area (Å²) in [5.41, 5.74) is 6.52. The van der Waals surface area contributed by atoms with E-state index >= 15 is 0 Å². The Labute approximate surface area is 127 Å².